The lowest BCUT2D eigenvalue weighted by Gasteiger charge is -2.24. The SMILES string of the molecule is O=C(N=C1S[C@H]2CS(=O)(=O)C[C@H]2N1c1ccc(Br)cc1)C1CC1. The van der Waals surface area contributed by atoms with Gasteiger partial charge in [-0.15, -0.1) is 0 Å². The van der Waals surface area contributed by atoms with Gasteiger partial charge in [0.05, 0.1) is 17.5 Å². The number of nitrogens with zero attached hydrogens (tertiary/aromatic N) is 2. The Morgan fingerprint density at radius 3 is 2.57 bits per heavy atom. The molecule has 3 aliphatic rings. The van der Waals surface area contributed by atoms with Gasteiger partial charge in [0.25, 0.3) is 5.91 Å². The zero-order chi connectivity index (χ0) is 16.2. The maximum absolute atomic E-state index is 12.1. The normalized spacial score (nSPS) is 30.7. The number of halogens is 1. The number of carbonyl (C=O) groups excluding carboxylic acids is 1. The van der Waals surface area contributed by atoms with Gasteiger partial charge in [0, 0.05) is 21.3 Å². The van der Waals surface area contributed by atoms with Crippen LogP contribution in [0.25, 0.3) is 0 Å². The zero-order valence-corrected chi connectivity index (χ0v) is 15.4. The molecule has 2 aliphatic heterocycles. The van der Waals surface area contributed by atoms with Crippen molar-refractivity contribution in [3.8, 4) is 0 Å². The highest BCUT2D eigenvalue weighted by Gasteiger charge is 2.49. The molecule has 23 heavy (non-hydrogen) atoms. The summed E-state index contributed by atoms with van der Waals surface area (Å²) in [7, 11) is -3.02. The molecule has 8 heteroatoms. The Bertz CT molecular complexity index is 787. The van der Waals surface area contributed by atoms with E-state index in [0.29, 0.717) is 5.17 Å². The Hall–Kier alpha value is -0.860. The van der Waals surface area contributed by atoms with Crippen molar-refractivity contribution < 1.29 is 13.2 Å². The highest BCUT2D eigenvalue weighted by molar-refractivity contribution is 9.10. The smallest absolute Gasteiger partial charge is 0.251 e. The second-order valence-electron chi connectivity index (χ2n) is 6.15. The van der Waals surface area contributed by atoms with Crippen LogP contribution >= 0.6 is 27.7 Å². The molecule has 0 bridgehead atoms. The molecule has 2 atom stereocenters. The third kappa shape index (κ3) is 3.08. The van der Waals surface area contributed by atoms with Gasteiger partial charge in [-0.1, -0.05) is 27.7 Å². The van der Waals surface area contributed by atoms with Crippen LogP contribution in [0.15, 0.2) is 33.7 Å². The molecule has 3 fully saturated rings. The van der Waals surface area contributed by atoms with E-state index in [2.05, 4.69) is 20.9 Å². The van der Waals surface area contributed by atoms with Crippen molar-refractivity contribution in [1.29, 1.82) is 0 Å². The Morgan fingerprint density at radius 2 is 1.91 bits per heavy atom. The van der Waals surface area contributed by atoms with Crippen LogP contribution in [0.3, 0.4) is 0 Å². The van der Waals surface area contributed by atoms with Gasteiger partial charge >= 0.3 is 0 Å². The molecule has 1 aromatic rings. The molecule has 2 saturated heterocycles. The minimum absolute atomic E-state index is 0.0469. The van der Waals surface area contributed by atoms with Gasteiger partial charge in [-0.25, -0.2) is 8.42 Å². The lowest BCUT2D eigenvalue weighted by molar-refractivity contribution is -0.118. The van der Waals surface area contributed by atoms with Crippen LogP contribution < -0.4 is 4.90 Å². The Morgan fingerprint density at radius 1 is 1.22 bits per heavy atom. The third-order valence-corrected chi connectivity index (χ3v) is 8.04. The topological polar surface area (TPSA) is 66.8 Å². The fourth-order valence-corrected chi connectivity index (χ4v) is 7.17. The Kier molecular flexibility index (Phi) is 3.81. The van der Waals surface area contributed by atoms with E-state index in [-0.39, 0.29) is 34.6 Å². The number of amides is 1. The standard InChI is InChI=1S/C15H15BrN2O3S2/c16-10-3-5-11(6-4-10)18-12-7-23(20,21)8-13(12)22-15(18)17-14(19)9-1-2-9/h3-6,9,12-13H,1-2,7-8H2/t12-,13+/m1/s1. The third-order valence-electron chi connectivity index (χ3n) is 4.30. The van der Waals surface area contributed by atoms with Gasteiger partial charge < -0.3 is 4.90 Å². The van der Waals surface area contributed by atoms with E-state index in [1.807, 2.05) is 29.2 Å². The Balaban J connectivity index is 1.71. The van der Waals surface area contributed by atoms with E-state index < -0.39 is 9.84 Å². The number of thioether (sulfide) groups is 1. The van der Waals surface area contributed by atoms with Crippen LogP contribution in [0.5, 0.6) is 0 Å². The van der Waals surface area contributed by atoms with Crippen LogP contribution in [-0.4, -0.2) is 42.3 Å². The number of hydrogen-bond donors (Lipinski definition) is 0. The first-order valence-electron chi connectivity index (χ1n) is 7.47. The van der Waals surface area contributed by atoms with E-state index in [1.54, 1.807) is 0 Å². The summed E-state index contributed by atoms with van der Waals surface area (Å²) in [6.45, 7) is 0. The molecule has 122 valence electrons. The van der Waals surface area contributed by atoms with Crippen molar-refractivity contribution in [2.24, 2.45) is 10.9 Å². The zero-order valence-electron chi connectivity index (χ0n) is 12.2. The summed E-state index contributed by atoms with van der Waals surface area (Å²) in [6, 6.07) is 7.54. The number of rotatable bonds is 2. The minimum atomic E-state index is -3.02. The van der Waals surface area contributed by atoms with E-state index in [1.165, 1.54) is 11.8 Å². The number of fused-ring (bicyclic) bond motifs is 1. The molecule has 0 unspecified atom stereocenters. The number of anilines is 1. The number of carbonyl (C=O) groups is 1. The predicted molar refractivity (Wildman–Crippen MR) is 95.6 cm³/mol. The molecule has 0 radical (unpaired) electrons. The largest absolute Gasteiger partial charge is 0.316 e. The predicted octanol–water partition coefficient (Wildman–Crippen LogP) is 2.46. The quantitative estimate of drug-likeness (QED) is 0.743. The molecular formula is C15H15BrN2O3S2. The van der Waals surface area contributed by atoms with Gasteiger partial charge in [-0.3, -0.25) is 4.79 Å². The molecule has 5 nitrogen and oxygen atoms in total. The van der Waals surface area contributed by atoms with Crippen LogP contribution in [0.1, 0.15) is 12.8 Å². The monoisotopic (exact) mass is 414 g/mol. The van der Waals surface area contributed by atoms with Crippen molar-refractivity contribution in [1.82, 2.24) is 0 Å². The number of benzene rings is 1. The number of sulfone groups is 1. The summed E-state index contributed by atoms with van der Waals surface area (Å²) in [4.78, 5) is 18.3. The lowest BCUT2D eigenvalue weighted by atomic mass is 10.2. The molecular weight excluding hydrogens is 400 g/mol. The van der Waals surface area contributed by atoms with Crippen molar-refractivity contribution in [2.75, 3.05) is 16.4 Å². The van der Waals surface area contributed by atoms with Gasteiger partial charge in [-0.05, 0) is 37.1 Å². The minimum Gasteiger partial charge on any atom is -0.316 e. The average molecular weight is 415 g/mol. The molecule has 1 aromatic carbocycles. The maximum atomic E-state index is 12.1. The summed E-state index contributed by atoms with van der Waals surface area (Å²) < 4.78 is 24.9. The van der Waals surface area contributed by atoms with Crippen LogP contribution in [0.2, 0.25) is 0 Å². The second-order valence-corrected chi connectivity index (χ2v) is 10.4. The van der Waals surface area contributed by atoms with Gasteiger partial charge in [0.15, 0.2) is 15.0 Å². The number of aliphatic imine (C=N–C) groups is 1. The fourth-order valence-electron chi connectivity index (χ4n) is 2.98. The number of hydrogen-bond acceptors (Lipinski definition) is 4. The summed E-state index contributed by atoms with van der Waals surface area (Å²) in [5.41, 5.74) is 0.882. The molecule has 4 rings (SSSR count). The van der Waals surface area contributed by atoms with Gasteiger partial charge in [-0.2, -0.15) is 4.99 Å². The molecule has 2 heterocycles. The fraction of sp³-hybridized carbons (Fsp3) is 0.467. The summed E-state index contributed by atoms with van der Waals surface area (Å²) in [6.07, 6.45) is 1.83. The maximum Gasteiger partial charge on any atom is 0.251 e. The van der Waals surface area contributed by atoms with E-state index in [0.717, 1.165) is 23.0 Å². The molecule has 0 spiro atoms. The molecule has 1 saturated carbocycles. The van der Waals surface area contributed by atoms with Crippen molar-refractivity contribution in [2.45, 2.75) is 24.1 Å². The average Bonchev–Trinajstić information content (AvgIpc) is 3.22. The first kappa shape index (κ1) is 15.7. The van der Waals surface area contributed by atoms with Gasteiger partial charge in [0.2, 0.25) is 0 Å². The number of amidine groups is 1. The van der Waals surface area contributed by atoms with E-state index in [4.69, 9.17) is 0 Å². The van der Waals surface area contributed by atoms with Crippen molar-refractivity contribution in [3.63, 3.8) is 0 Å². The summed E-state index contributed by atoms with van der Waals surface area (Å²) in [5, 5.41) is 0.600. The van der Waals surface area contributed by atoms with Crippen molar-refractivity contribution >= 4 is 54.3 Å². The molecule has 1 aliphatic carbocycles. The van der Waals surface area contributed by atoms with Crippen LogP contribution in [0.4, 0.5) is 5.69 Å². The van der Waals surface area contributed by atoms with Crippen LogP contribution in [-0.2, 0) is 14.6 Å². The first-order chi connectivity index (χ1) is 10.9. The second kappa shape index (κ2) is 5.60. The van der Waals surface area contributed by atoms with Crippen LogP contribution in [0, 0.1) is 5.92 Å². The summed E-state index contributed by atoms with van der Waals surface area (Å²) >= 11 is 4.84. The molecule has 0 aromatic heterocycles. The highest BCUT2D eigenvalue weighted by atomic mass is 79.9. The summed E-state index contributed by atoms with van der Waals surface area (Å²) in [5.74, 6) is 0.278. The van der Waals surface area contributed by atoms with E-state index >= 15 is 0 Å². The van der Waals surface area contributed by atoms with E-state index in [9.17, 15) is 13.2 Å². The molecule has 0 N–H and O–H groups in total. The molecule has 1 amide bonds. The highest BCUT2D eigenvalue weighted by Crippen LogP contribution is 2.41. The van der Waals surface area contributed by atoms with Crippen molar-refractivity contribution in [3.05, 3.63) is 28.7 Å². The first-order valence-corrected chi connectivity index (χ1v) is 11.0. The van der Waals surface area contributed by atoms with Gasteiger partial charge in [0.1, 0.15) is 0 Å². The lowest BCUT2D eigenvalue weighted by Crippen LogP contribution is -2.37. The Labute approximate surface area is 147 Å².